The smallest absolute Gasteiger partial charge is 0.400 e. The Morgan fingerprint density at radius 3 is 2.13 bits per heavy atom. The van der Waals surface area contributed by atoms with E-state index in [1.54, 1.807) is 0 Å². The lowest BCUT2D eigenvalue weighted by Crippen LogP contribution is -2.41. The third-order valence-electron chi connectivity index (χ3n) is 4.89. The van der Waals surface area contributed by atoms with Gasteiger partial charge in [-0.2, -0.15) is 0 Å². The molecule has 0 atom stereocenters. The van der Waals surface area contributed by atoms with Gasteiger partial charge in [0, 0.05) is 0 Å². The Labute approximate surface area is 140 Å². The van der Waals surface area contributed by atoms with Crippen molar-refractivity contribution in [3.63, 3.8) is 0 Å². The molecule has 1 aliphatic rings. The largest absolute Gasteiger partial charge is 0.492 e. The molecule has 1 saturated heterocycles. The van der Waals surface area contributed by atoms with E-state index in [0.717, 1.165) is 17.5 Å². The van der Waals surface area contributed by atoms with E-state index < -0.39 is 18.3 Å². The first-order chi connectivity index (χ1) is 10.8. The van der Waals surface area contributed by atoms with E-state index in [0.29, 0.717) is 0 Å². The second-order valence-electron chi connectivity index (χ2n) is 7.31. The highest BCUT2D eigenvalue weighted by molar-refractivity contribution is 6.55. The van der Waals surface area contributed by atoms with Crippen LogP contribution in [0.15, 0.2) is 29.7 Å². The van der Waals surface area contributed by atoms with Crippen molar-refractivity contribution < 1.29 is 14.4 Å². The number of hydrogen-bond acceptors (Lipinski definition) is 3. The molecule has 126 valence electrons. The summed E-state index contributed by atoms with van der Waals surface area (Å²) in [6.07, 6.45) is 5.50. The van der Waals surface area contributed by atoms with E-state index in [1.165, 1.54) is 18.4 Å². The Kier molecular flexibility index (Phi) is 5.72. The summed E-state index contributed by atoms with van der Waals surface area (Å²) in [6.45, 7) is 10.2. The highest BCUT2D eigenvalue weighted by atomic mass is 16.7. The highest BCUT2D eigenvalue weighted by Crippen LogP contribution is 2.38. The normalized spacial score (nSPS) is 20.1. The molecule has 3 nitrogen and oxygen atoms in total. The quantitative estimate of drug-likeness (QED) is 0.805. The molecule has 1 aromatic rings. The Bertz CT molecular complexity index is 530. The number of hydrogen-bond donors (Lipinski definition) is 1. The molecule has 0 radical (unpaired) electrons. The predicted octanol–water partition coefficient (Wildman–Crippen LogP) is 4.04. The molecule has 0 aliphatic carbocycles. The molecule has 1 heterocycles. The van der Waals surface area contributed by atoms with Crippen molar-refractivity contribution >= 4 is 13.2 Å². The van der Waals surface area contributed by atoms with Crippen LogP contribution in [-0.4, -0.2) is 30.0 Å². The molecule has 4 heteroatoms. The maximum atomic E-state index is 9.73. The molecule has 2 rings (SSSR count). The zero-order valence-electron chi connectivity index (χ0n) is 15.1. The van der Waals surface area contributed by atoms with Crippen LogP contribution in [0.3, 0.4) is 0 Å². The molecule has 1 fully saturated rings. The molecule has 0 unspecified atom stereocenters. The van der Waals surface area contributed by atoms with E-state index in [2.05, 4.69) is 31.2 Å². The first-order valence-electron chi connectivity index (χ1n) is 8.55. The van der Waals surface area contributed by atoms with Gasteiger partial charge in [-0.3, -0.25) is 0 Å². The van der Waals surface area contributed by atoms with Gasteiger partial charge in [0.25, 0.3) is 0 Å². The van der Waals surface area contributed by atoms with Gasteiger partial charge in [0.15, 0.2) is 0 Å². The SMILES string of the molecule is CCCCc1ccc(C=C(CO)B2OC(C)(C)C(C)(C)O2)cc1. The third kappa shape index (κ3) is 4.25. The molecule has 0 amide bonds. The van der Waals surface area contributed by atoms with Crippen LogP contribution >= 0.6 is 0 Å². The zero-order chi connectivity index (χ0) is 17.1. The fraction of sp³-hybridized carbons (Fsp3) is 0.579. The summed E-state index contributed by atoms with van der Waals surface area (Å²) in [5.74, 6) is 0. The van der Waals surface area contributed by atoms with Crippen molar-refractivity contribution in [3.8, 4) is 0 Å². The first-order valence-corrected chi connectivity index (χ1v) is 8.55. The van der Waals surface area contributed by atoms with Gasteiger partial charge in [-0.25, -0.2) is 0 Å². The number of benzene rings is 1. The Hall–Kier alpha value is -1.10. The third-order valence-corrected chi connectivity index (χ3v) is 4.89. The Morgan fingerprint density at radius 1 is 1.09 bits per heavy atom. The lowest BCUT2D eigenvalue weighted by atomic mass is 9.77. The van der Waals surface area contributed by atoms with Gasteiger partial charge in [0.2, 0.25) is 0 Å². The van der Waals surface area contributed by atoms with Crippen molar-refractivity contribution in [1.29, 1.82) is 0 Å². The molecule has 0 bridgehead atoms. The van der Waals surface area contributed by atoms with Crippen molar-refractivity contribution in [2.75, 3.05) is 6.61 Å². The molecule has 23 heavy (non-hydrogen) atoms. The van der Waals surface area contributed by atoms with E-state index >= 15 is 0 Å². The second-order valence-corrected chi connectivity index (χ2v) is 7.31. The summed E-state index contributed by atoms with van der Waals surface area (Å²) in [5.41, 5.74) is 2.38. The topological polar surface area (TPSA) is 38.7 Å². The van der Waals surface area contributed by atoms with Gasteiger partial charge in [-0.1, -0.05) is 43.7 Å². The zero-order valence-corrected chi connectivity index (χ0v) is 15.1. The monoisotopic (exact) mass is 316 g/mol. The van der Waals surface area contributed by atoms with Crippen LogP contribution in [0.5, 0.6) is 0 Å². The summed E-state index contributed by atoms with van der Waals surface area (Å²) in [7, 11) is -0.496. The van der Waals surface area contributed by atoms with Gasteiger partial charge >= 0.3 is 7.12 Å². The van der Waals surface area contributed by atoms with Gasteiger partial charge in [0.05, 0.1) is 17.8 Å². The fourth-order valence-electron chi connectivity index (χ4n) is 2.56. The van der Waals surface area contributed by atoms with Crippen LogP contribution in [0, 0.1) is 0 Å². The Morgan fingerprint density at radius 2 is 1.65 bits per heavy atom. The molecule has 0 aromatic heterocycles. The lowest BCUT2D eigenvalue weighted by molar-refractivity contribution is 0.00578. The lowest BCUT2D eigenvalue weighted by Gasteiger charge is -2.32. The van der Waals surface area contributed by atoms with E-state index in [4.69, 9.17) is 9.31 Å². The molecule has 1 aliphatic heterocycles. The number of aliphatic hydroxyl groups excluding tert-OH is 1. The van der Waals surface area contributed by atoms with Gasteiger partial charge in [0.1, 0.15) is 0 Å². The van der Waals surface area contributed by atoms with E-state index in [-0.39, 0.29) is 6.61 Å². The van der Waals surface area contributed by atoms with Gasteiger partial charge in [-0.15, -0.1) is 0 Å². The summed E-state index contributed by atoms with van der Waals surface area (Å²) < 4.78 is 12.0. The average molecular weight is 316 g/mol. The average Bonchev–Trinajstić information content (AvgIpc) is 2.72. The van der Waals surface area contributed by atoms with E-state index in [9.17, 15) is 5.11 Å². The maximum absolute atomic E-state index is 9.73. The van der Waals surface area contributed by atoms with E-state index in [1.807, 2.05) is 33.8 Å². The van der Waals surface area contributed by atoms with Crippen LogP contribution < -0.4 is 0 Å². The summed E-state index contributed by atoms with van der Waals surface area (Å²) in [4.78, 5) is 0. The molecular weight excluding hydrogens is 287 g/mol. The molecule has 1 aromatic carbocycles. The van der Waals surface area contributed by atoms with Crippen LogP contribution in [0.2, 0.25) is 0 Å². The van der Waals surface area contributed by atoms with Crippen LogP contribution in [0.25, 0.3) is 6.08 Å². The standard InChI is InChI=1S/C19H29BO3/c1-6-7-8-15-9-11-16(12-10-15)13-17(14-21)20-22-18(2,3)19(4,5)23-20/h9-13,21H,6-8,14H2,1-5H3. The number of rotatable bonds is 6. The van der Waals surface area contributed by atoms with Gasteiger partial charge < -0.3 is 14.4 Å². The number of unbranched alkanes of at least 4 members (excludes halogenated alkanes) is 1. The minimum absolute atomic E-state index is 0.0750. The summed E-state index contributed by atoms with van der Waals surface area (Å²) >= 11 is 0. The van der Waals surface area contributed by atoms with Crippen molar-refractivity contribution in [2.24, 2.45) is 0 Å². The fourth-order valence-corrected chi connectivity index (χ4v) is 2.56. The van der Waals surface area contributed by atoms with Gasteiger partial charge in [-0.05, 0) is 57.1 Å². The Balaban J connectivity index is 2.13. The maximum Gasteiger partial charge on any atom is 0.492 e. The summed E-state index contributed by atoms with van der Waals surface area (Å²) in [6, 6.07) is 8.49. The van der Waals surface area contributed by atoms with Crippen molar-refractivity contribution in [1.82, 2.24) is 0 Å². The molecule has 0 saturated carbocycles. The van der Waals surface area contributed by atoms with Crippen molar-refractivity contribution in [2.45, 2.75) is 65.1 Å². The van der Waals surface area contributed by atoms with Crippen LogP contribution in [0.1, 0.15) is 58.6 Å². The minimum atomic E-state index is -0.496. The van der Waals surface area contributed by atoms with Crippen molar-refractivity contribution in [3.05, 3.63) is 40.9 Å². The second kappa shape index (κ2) is 7.21. The van der Waals surface area contributed by atoms with Crippen LogP contribution in [-0.2, 0) is 15.7 Å². The minimum Gasteiger partial charge on any atom is -0.400 e. The predicted molar refractivity (Wildman–Crippen MR) is 96.2 cm³/mol. The van der Waals surface area contributed by atoms with Crippen LogP contribution in [0.4, 0.5) is 0 Å². The number of aliphatic hydroxyl groups is 1. The summed E-state index contributed by atoms with van der Waals surface area (Å²) in [5, 5.41) is 9.73. The molecule has 0 spiro atoms. The molecular formula is C19H29BO3. The highest BCUT2D eigenvalue weighted by Gasteiger charge is 2.52. The first kappa shape index (κ1) is 18.2. The number of aryl methyl sites for hydroxylation is 1. The molecule has 1 N–H and O–H groups in total.